The molecule has 0 heterocycles. The molecule has 0 bridgehead atoms. The number of methoxy groups -OCH3 is 1. The number of ether oxygens (including phenoxy) is 1. The second-order valence-corrected chi connectivity index (χ2v) is 6.31. The van der Waals surface area contributed by atoms with Crippen molar-refractivity contribution in [3.8, 4) is 11.8 Å². The summed E-state index contributed by atoms with van der Waals surface area (Å²) in [6, 6.07) is 7.17. The number of rotatable bonds is 5. The molecule has 0 aliphatic carbocycles. The van der Waals surface area contributed by atoms with Gasteiger partial charge in [0.25, 0.3) is 0 Å². The lowest BCUT2D eigenvalue weighted by atomic mass is 10.1. The second-order valence-electron chi connectivity index (χ2n) is 4.86. The standard InChI is InChI=1S/C13H18N2O2S/c1-13(2,15)9-18(16)8-11-6-10(7-14)4-5-12(11)17-3/h4-6H,8-9,15H2,1-3H3. The molecule has 98 valence electrons. The summed E-state index contributed by atoms with van der Waals surface area (Å²) in [4.78, 5) is 0. The average Bonchev–Trinajstić information content (AvgIpc) is 2.26. The van der Waals surface area contributed by atoms with Crippen molar-refractivity contribution in [3.05, 3.63) is 29.3 Å². The molecule has 0 aliphatic rings. The Morgan fingerprint density at radius 1 is 1.50 bits per heavy atom. The predicted molar refractivity (Wildman–Crippen MR) is 72.7 cm³/mol. The molecule has 4 nitrogen and oxygen atoms in total. The highest BCUT2D eigenvalue weighted by atomic mass is 32.2. The molecule has 1 aromatic rings. The van der Waals surface area contributed by atoms with Crippen molar-refractivity contribution in [1.29, 1.82) is 5.26 Å². The zero-order valence-corrected chi connectivity index (χ0v) is 11.7. The van der Waals surface area contributed by atoms with Crippen molar-refractivity contribution < 1.29 is 8.95 Å². The van der Waals surface area contributed by atoms with Gasteiger partial charge in [0.1, 0.15) is 5.75 Å². The summed E-state index contributed by atoms with van der Waals surface area (Å²) in [7, 11) is 0.479. The normalized spacial score (nSPS) is 12.8. The van der Waals surface area contributed by atoms with E-state index in [9.17, 15) is 4.21 Å². The molecule has 0 aromatic heterocycles. The van der Waals surface area contributed by atoms with Gasteiger partial charge < -0.3 is 10.5 Å². The van der Waals surface area contributed by atoms with Gasteiger partial charge in [-0.2, -0.15) is 5.26 Å². The molecule has 1 unspecified atom stereocenters. The van der Waals surface area contributed by atoms with Gasteiger partial charge in [-0.15, -0.1) is 0 Å². The third kappa shape index (κ3) is 4.47. The van der Waals surface area contributed by atoms with E-state index in [2.05, 4.69) is 6.07 Å². The Morgan fingerprint density at radius 3 is 2.67 bits per heavy atom. The number of nitriles is 1. The number of benzene rings is 1. The van der Waals surface area contributed by atoms with Crippen molar-refractivity contribution in [2.45, 2.75) is 25.1 Å². The van der Waals surface area contributed by atoms with Crippen molar-refractivity contribution in [2.75, 3.05) is 12.9 Å². The first-order valence-electron chi connectivity index (χ1n) is 5.56. The summed E-state index contributed by atoms with van der Waals surface area (Å²) >= 11 is 0. The highest BCUT2D eigenvalue weighted by molar-refractivity contribution is 7.84. The summed E-state index contributed by atoms with van der Waals surface area (Å²) in [6.45, 7) is 3.68. The maximum absolute atomic E-state index is 12.0. The molecule has 1 rings (SSSR count). The van der Waals surface area contributed by atoms with E-state index in [-0.39, 0.29) is 0 Å². The SMILES string of the molecule is COc1ccc(C#N)cc1CS(=O)CC(C)(C)N. The van der Waals surface area contributed by atoms with Gasteiger partial charge in [-0.25, -0.2) is 0 Å². The van der Waals surface area contributed by atoms with Crippen LogP contribution in [0.25, 0.3) is 0 Å². The monoisotopic (exact) mass is 266 g/mol. The van der Waals surface area contributed by atoms with E-state index in [0.29, 0.717) is 22.8 Å². The maximum Gasteiger partial charge on any atom is 0.123 e. The van der Waals surface area contributed by atoms with Crippen LogP contribution in [0.2, 0.25) is 0 Å². The molecule has 0 saturated carbocycles. The molecule has 0 aliphatic heterocycles. The molecule has 1 atom stereocenters. The first-order chi connectivity index (χ1) is 8.35. The van der Waals surface area contributed by atoms with E-state index in [1.165, 1.54) is 0 Å². The van der Waals surface area contributed by atoms with Crippen LogP contribution in [0.4, 0.5) is 0 Å². The molecule has 0 radical (unpaired) electrons. The van der Waals surface area contributed by atoms with Gasteiger partial charge in [0, 0.05) is 27.7 Å². The third-order valence-electron chi connectivity index (χ3n) is 2.26. The zero-order chi connectivity index (χ0) is 13.8. The minimum absolute atomic E-state index is 0.347. The van der Waals surface area contributed by atoms with Crippen LogP contribution in [0, 0.1) is 11.3 Å². The molecule has 2 N–H and O–H groups in total. The zero-order valence-electron chi connectivity index (χ0n) is 10.9. The van der Waals surface area contributed by atoms with Gasteiger partial charge in [0.15, 0.2) is 0 Å². The van der Waals surface area contributed by atoms with Crippen molar-refractivity contribution in [3.63, 3.8) is 0 Å². The van der Waals surface area contributed by atoms with E-state index in [4.69, 9.17) is 15.7 Å². The van der Waals surface area contributed by atoms with Crippen LogP contribution in [0.15, 0.2) is 18.2 Å². The first-order valence-corrected chi connectivity index (χ1v) is 7.05. The van der Waals surface area contributed by atoms with Gasteiger partial charge in [0.05, 0.1) is 24.5 Å². The lowest BCUT2D eigenvalue weighted by molar-refractivity contribution is 0.411. The number of nitrogens with two attached hydrogens (primary N) is 1. The van der Waals surface area contributed by atoms with E-state index < -0.39 is 16.3 Å². The highest BCUT2D eigenvalue weighted by Gasteiger charge is 2.17. The van der Waals surface area contributed by atoms with Gasteiger partial charge in [-0.3, -0.25) is 4.21 Å². The van der Waals surface area contributed by atoms with Crippen LogP contribution < -0.4 is 10.5 Å². The fourth-order valence-electron chi connectivity index (χ4n) is 1.60. The molecule has 0 spiro atoms. The molecule has 0 fully saturated rings. The van der Waals surface area contributed by atoms with E-state index in [0.717, 1.165) is 5.56 Å². The van der Waals surface area contributed by atoms with Crippen molar-refractivity contribution in [2.24, 2.45) is 5.73 Å². The third-order valence-corrected chi connectivity index (χ3v) is 3.96. The minimum Gasteiger partial charge on any atom is -0.496 e. The van der Waals surface area contributed by atoms with Crippen LogP contribution >= 0.6 is 0 Å². The summed E-state index contributed by atoms with van der Waals surface area (Å²) in [5.74, 6) is 1.41. The maximum atomic E-state index is 12.0. The van der Waals surface area contributed by atoms with Gasteiger partial charge in [-0.05, 0) is 32.0 Å². The molecule has 18 heavy (non-hydrogen) atoms. The summed E-state index contributed by atoms with van der Waals surface area (Å²) in [5, 5.41) is 8.86. The average molecular weight is 266 g/mol. The number of hydrogen-bond donors (Lipinski definition) is 1. The fraction of sp³-hybridized carbons (Fsp3) is 0.462. The number of nitrogens with zero attached hydrogens (tertiary/aromatic N) is 1. The smallest absolute Gasteiger partial charge is 0.123 e. The largest absolute Gasteiger partial charge is 0.496 e. The quantitative estimate of drug-likeness (QED) is 0.877. The predicted octanol–water partition coefficient (Wildman–Crippen LogP) is 1.55. The Labute approximate surface area is 110 Å². The van der Waals surface area contributed by atoms with Crippen LogP contribution in [-0.2, 0) is 16.6 Å². The van der Waals surface area contributed by atoms with E-state index in [1.807, 2.05) is 13.8 Å². The fourth-order valence-corrected chi connectivity index (χ4v) is 3.10. The Balaban J connectivity index is 2.89. The van der Waals surface area contributed by atoms with Crippen LogP contribution in [0.1, 0.15) is 25.0 Å². The minimum atomic E-state index is -1.08. The first kappa shape index (κ1) is 14.7. The van der Waals surface area contributed by atoms with Gasteiger partial charge >= 0.3 is 0 Å². The molecule has 1 aromatic carbocycles. The number of hydrogen-bond acceptors (Lipinski definition) is 4. The molecular formula is C13H18N2O2S. The van der Waals surface area contributed by atoms with Crippen molar-refractivity contribution >= 4 is 10.8 Å². The molecular weight excluding hydrogens is 248 g/mol. The summed E-state index contributed by atoms with van der Waals surface area (Å²) < 4.78 is 17.2. The summed E-state index contributed by atoms with van der Waals surface area (Å²) in [6.07, 6.45) is 0. The second kappa shape index (κ2) is 5.98. The van der Waals surface area contributed by atoms with E-state index >= 15 is 0 Å². The summed E-state index contributed by atoms with van der Waals surface area (Å²) in [5.41, 5.74) is 6.69. The van der Waals surface area contributed by atoms with Crippen LogP contribution in [0.3, 0.4) is 0 Å². The molecule has 5 heteroatoms. The van der Waals surface area contributed by atoms with Gasteiger partial charge in [0.2, 0.25) is 0 Å². The van der Waals surface area contributed by atoms with Gasteiger partial charge in [-0.1, -0.05) is 0 Å². The Kier molecular flexibility index (Phi) is 4.88. The lowest BCUT2D eigenvalue weighted by Crippen LogP contribution is -2.38. The lowest BCUT2D eigenvalue weighted by Gasteiger charge is -2.18. The van der Waals surface area contributed by atoms with E-state index in [1.54, 1.807) is 25.3 Å². The Morgan fingerprint density at radius 2 is 2.17 bits per heavy atom. The molecule has 0 saturated heterocycles. The molecule has 0 amide bonds. The highest BCUT2D eigenvalue weighted by Crippen LogP contribution is 2.21. The topological polar surface area (TPSA) is 76.1 Å². The Bertz CT molecular complexity index is 487. The van der Waals surface area contributed by atoms with Crippen LogP contribution in [-0.4, -0.2) is 22.6 Å². The van der Waals surface area contributed by atoms with Crippen molar-refractivity contribution in [1.82, 2.24) is 0 Å². The van der Waals surface area contributed by atoms with Crippen LogP contribution in [0.5, 0.6) is 5.75 Å². The Hall–Kier alpha value is -1.38.